The van der Waals surface area contributed by atoms with E-state index < -0.39 is 0 Å². The monoisotopic (exact) mass is 367 g/mol. The lowest BCUT2D eigenvalue weighted by Gasteiger charge is -2.58. The molecular weight excluding hydrogens is 334 g/mol. The highest BCUT2D eigenvalue weighted by atomic mass is 16.7. The van der Waals surface area contributed by atoms with Crippen molar-refractivity contribution in [1.82, 2.24) is 4.90 Å². The van der Waals surface area contributed by atoms with E-state index >= 15 is 0 Å². The highest BCUT2D eigenvalue weighted by Crippen LogP contribution is 2.51. The molecule has 0 aromatic rings. The van der Waals surface area contributed by atoms with Crippen molar-refractivity contribution in [1.29, 1.82) is 0 Å². The average Bonchev–Trinajstić information content (AvgIpc) is 3.12. The first-order valence-corrected chi connectivity index (χ1v) is 10.4. The van der Waals surface area contributed by atoms with Crippen molar-refractivity contribution in [3.05, 3.63) is 0 Å². The summed E-state index contributed by atoms with van der Waals surface area (Å²) in [6, 6.07) is 0.478. The van der Waals surface area contributed by atoms with Gasteiger partial charge in [0.15, 0.2) is 0 Å². The van der Waals surface area contributed by atoms with Gasteiger partial charge in [-0.15, -0.1) is 0 Å². The summed E-state index contributed by atoms with van der Waals surface area (Å²) in [5, 5.41) is 10.9. The van der Waals surface area contributed by atoms with Crippen LogP contribution in [0.4, 0.5) is 0 Å². The molecule has 6 heteroatoms. The number of aliphatic hydroxyl groups excluding tert-OH is 1. The Bertz CT molecular complexity index is 518. The zero-order chi connectivity index (χ0) is 17.8. The Labute approximate surface area is 156 Å². The summed E-state index contributed by atoms with van der Waals surface area (Å²) in [6.45, 7) is 1.38. The molecule has 26 heavy (non-hydrogen) atoms. The number of methoxy groups -OCH3 is 2. The largest absolute Gasteiger partial charge is 0.379 e. The van der Waals surface area contributed by atoms with E-state index in [2.05, 4.69) is 4.90 Å². The van der Waals surface area contributed by atoms with E-state index in [1.807, 2.05) is 7.11 Å². The number of nitrogens with zero attached hydrogens (tertiary/aromatic N) is 1. The van der Waals surface area contributed by atoms with Crippen LogP contribution in [0.15, 0.2) is 0 Å². The van der Waals surface area contributed by atoms with Crippen molar-refractivity contribution in [3.63, 3.8) is 0 Å². The standard InChI is InChI=1S/C20H33NO5/c1-23-16-4-3-11-5-15-13-8-18-17(25-10-26-18)6-12(13)7-19(22)21(15)9-14(11)20(16)24-2/h11-20,22H,3-10H2,1-2H3. The molecule has 1 N–H and O–H groups in total. The lowest BCUT2D eigenvalue weighted by atomic mass is 9.62. The van der Waals surface area contributed by atoms with Gasteiger partial charge >= 0.3 is 0 Å². The van der Waals surface area contributed by atoms with Crippen LogP contribution < -0.4 is 0 Å². The zero-order valence-electron chi connectivity index (χ0n) is 16.0. The minimum Gasteiger partial charge on any atom is -0.379 e. The zero-order valence-corrected chi connectivity index (χ0v) is 16.0. The van der Waals surface area contributed by atoms with Gasteiger partial charge in [0.1, 0.15) is 13.0 Å². The molecule has 3 saturated heterocycles. The Morgan fingerprint density at radius 2 is 1.69 bits per heavy atom. The van der Waals surface area contributed by atoms with Crippen LogP contribution in [-0.4, -0.2) is 74.2 Å². The molecule has 5 aliphatic rings. The molecule has 0 amide bonds. The van der Waals surface area contributed by atoms with Gasteiger partial charge in [0, 0.05) is 32.7 Å². The van der Waals surface area contributed by atoms with Crippen molar-refractivity contribution in [2.75, 3.05) is 27.6 Å². The molecule has 10 unspecified atom stereocenters. The summed E-state index contributed by atoms with van der Waals surface area (Å²) in [5.41, 5.74) is 0. The first kappa shape index (κ1) is 17.8. The van der Waals surface area contributed by atoms with Gasteiger partial charge in [-0.3, -0.25) is 4.90 Å². The number of piperidine rings is 2. The lowest BCUT2D eigenvalue weighted by Crippen LogP contribution is -2.64. The van der Waals surface area contributed by atoms with Crippen molar-refractivity contribution in [2.45, 2.75) is 75.2 Å². The summed E-state index contributed by atoms with van der Waals surface area (Å²) in [5.74, 6) is 2.34. The molecule has 0 spiro atoms. The molecule has 0 radical (unpaired) electrons. The SMILES string of the molecule is COC1CCC2CC3C4CC5OCOC5CC4CC(O)N3CC2C1OC. The van der Waals surface area contributed by atoms with Gasteiger partial charge in [0.2, 0.25) is 0 Å². The molecule has 10 atom stereocenters. The van der Waals surface area contributed by atoms with Crippen LogP contribution in [0.5, 0.6) is 0 Å². The maximum atomic E-state index is 10.9. The van der Waals surface area contributed by atoms with Crippen LogP contribution in [0.2, 0.25) is 0 Å². The number of ether oxygens (including phenoxy) is 4. The highest BCUT2D eigenvalue weighted by Gasteiger charge is 2.54. The van der Waals surface area contributed by atoms with Gasteiger partial charge < -0.3 is 24.1 Å². The lowest BCUT2D eigenvalue weighted by molar-refractivity contribution is -0.189. The average molecular weight is 367 g/mol. The summed E-state index contributed by atoms with van der Waals surface area (Å²) in [6.07, 6.45) is 7.01. The second-order valence-corrected chi connectivity index (χ2v) is 9.12. The Balaban J connectivity index is 1.37. The van der Waals surface area contributed by atoms with Crippen LogP contribution in [0.3, 0.4) is 0 Å². The Kier molecular flexibility index (Phi) is 4.78. The van der Waals surface area contributed by atoms with Gasteiger partial charge in [-0.05, 0) is 56.3 Å². The fourth-order valence-electron chi connectivity index (χ4n) is 6.96. The van der Waals surface area contributed by atoms with Crippen LogP contribution in [0.1, 0.15) is 38.5 Å². The molecule has 0 aromatic heterocycles. The smallest absolute Gasteiger partial charge is 0.147 e. The van der Waals surface area contributed by atoms with E-state index in [1.165, 1.54) is 12.8 Å². The third kappa shape index (κ3) is 2.76. The normalized spacial score (nSPS) is 54.1. The minimum atomic E-state index is -0.332. The summed E-state index contributed by atoms with van der Waals surface area (Å²) < 4.78 is 23.2. The van der Waals surface area contributed by atoms with Crippen LogP contribution in [-0.2, 0) is 18.9 Å². The minimum absolute atomic E-state index is 0.145. The van der Waals surface area contributed by atoms with Crippen molar-refractivity contribution >= 4 is 0 Å². The molecule has 0 bridgehead atoms. The van der Waals surface area contributed by atoms with Crippen molar-refractivity contribution in [3.8, 4) is 0 Å². The molecule has 3 aliphatic heterocycles. The van der Waals surface area contributed by atoms with Gasteiger partial charge in [0.05, 0.1) is 24.4 Å². The number of fused-ring (bicyclic) bond motifs is 5. The van der Waals surface area contributed by atoms with Gasteiger partial charge in [-0.2, -0.15) is 0 Å². The molecular formula is C20H33NO5. The maximum Gasteiger partial charge on any atom is 0.147 e. The van der Waals surface area contributed by atoms with Crippen LogP contribution >= 0.6 is 0 Å². The van der Waals surface area contributed by atoms with E-state index in [4.69, 9.17) is 18.9 Å². The van der Waals surface area contributed by atoms with E-state index in [0.29, 0.717) is 36.5 Å². The van der Waals surface area contributed by atoms with E-state index in [-0.39, 0.29) is 30.6 Å². The second-order valence-electron chi connectivity index (χ2n) is 9.12. The predicted molar refractivity (Wildman–Crippen MR) is 94.4 cm³/mol. The topological polar surface area (TPSA) is 60.4 Å². The Morgan fingerprint density at radius 1 is 0.885 bits per heavy atom. The molecule has 2 saturated carbocycles. The van der Waals surface area contributed by atoms with Gasteiger partial charge in [-0.1, -0.05) is 0 Å². The Morgan fingerprint density at radius 3 is 2.46 bits per heavy atom. The first-order chi connectivity index (χ1) is 12.7. The third-order valence-electron chi connectivity index (χ3n) is 8.20. The fraction of sp³-hybridized carbons (Fsp3) is 1.00. The Hall–Kier alpha value is -0.240. The number of hydrogen-bond acceptors (Lipinski definition) is 6. The quantitative estimate of drug-likeness (QED) is 0.800. The molecule has 5 rings (SSSR count). The number of rotatable bonds is 2. The predicted octanol–water partition coefficient (Wildman–Crippen LogP) is 1.61. The second kappa shape index (κ2) is 6.98. The van der Waals surface area contributed by atoms with Crippen molar-refractivity contribution in [2.24, 2.45) is 23.7 Å². The molecule has 5 fully saturated rings. The van der Waals surface area contributed by atoms with E-state index in [0.717, 1.165) is 32.2 Å². The van der Waals surface area contributed by atoms with Crippen LogP contribution in [0, 0.1) is 23.7 Å². The maximum absolute atomic E-state index is 10.9. The highest BCUT2D eigenvalue weighted by molar-refractivity contribution is 5.05. The fourth-order valence-corrected chi connectivity index (χ4v) is 6.96. The molecule has 0 aromatic carbocycles. The van der Waals surface area contributed by atoms with Crippen molar-refractivity contribution < 1.29 is 24.1 Å². The van der Waals surface area contributed by atoms with Crippen LogP contribution in [0.25, 0.3) is 0 Å². The first-order valence-electron chi connectivity index (χ1n) is 10.4. The summed E-state index contributed by atoms with van der Waals surface area (Å²) in [4.78, 5) is 2.39. The van der Waals surface area contributed by atoms with E-state index in [9.17, 15) is 5.11 Å². The number of aliphatic hydroxyl groups is 1. The molecule has 148 valence electrons. The van der Waals surface area contributed by atoms with Gasteiger partial charge in [-0.25, -0.2) is 0 Å². The molecule has 3 heterocycles. The van der Waals surface area contributed by atoms with E-state index in [1.54, 1.807) is 7.11 Å². The molecule has 2 aliphatic carbocycles. The number of hydrogen-bond donors (Lipinski definition) is 1. The van der Waals surface area contributed by atoms with Gasteiger partial charge in [0.25, 0.3) is 0 Å². The summed E-state index contributed by atoms with van der Waals surface area (Å²) >= 11 is 0. The molecule has 6 nitrogen and oxygen atoms in total. The third-order valence-corrected chi connectivity index (χ3v) is 8.20. The summed E-state index contributed by atoms with van der Waals surface area (Å²) in [7, 11) is 3.61.